The van der Waals surface area contributed by atoms with E-state index in [1.165, 1.54) is 16.2 Å². The second kappa shape index (κ2) is 6.40. The molecule has 28 heavy (non-hydrogen) atoms. The molecule has 0 radical (unpaired) electrons. The predicted molar refractivity (Wildman–Crippen MR) is 111 cm³/mol. The van der Waals surface area contributed by atoms with Crippen LogP contribution in [0.15, 0.2) is 60.9 Å². The molecule has 2 unspecified atom stereocenters. The number of aromatic nitrogens is 1. The minimum absolute atomic E-state index is 0.279. The number of nitrogens with zero attached hydrogens (tertiary/aromatic N) is 1. The zero-order valence-corrected chi connectivity index (χ0v) is 15.9. The highest BCUT2D eigenvalue weighted by Gasteiger charge is 2.35. The van der Waals surface area contributed by atoms with Gasteiger partial charge in [0.15, 0.2) is 0 Å². The molecule has 1 heterocycles. The summed E-state index contributed by atoms with van der Waals surface area (Å²) in [4.78, 5) is 4.14. The smallest absolute Gasteiger partial charge is 0.269 e. The molecule has 1 aromatic heterocycles. The van der Waals surface area contributed by atoms with E-state index in [-0.39, 0.29) is 6.42 Å². The van der Waals surface area contributed by atoms with Crippen LogP contribution in [-0.2, 0) is 23.0 Å². The summed E-state index contributed by atoms with van der Waals surface area (Å²) in [7, 11) is -4.21. The Hall–Kier alpha value is -2.76. The van der Waals surface area contributed by atoms with Gasteiger partial charge in [0.1, 0.15) is 5.25 Å². The van der Waals surface area contributed by atoms with E-state index in [0.717, 1.165) is 28.2 Å². The van der Waals surface area contributed by atoms with Gasteiger partial charge in [-0.25, -0.2) is 0 Å². The van der Waals surface area contributed by atoms with Gasteiger partial charge in [-0.2, -0.15) is 8.42 Å². The number of fused-ring (bicyclic) bond motifs is 5. The second-order valence-corrected chi connectivity index (χ2v) is 9.04. The first-order chi connectivity index (χ1) is 13.5. The Bertz CT molecular complexity index is 1340. The first kappa shape index (κ1) is 17.3. The lowest BCUT2D eigenvalue weighted by Gasteiger charge is -2.27. The second-order valence-electron chi connectivity index (χ2n) is 7.41. The highest BCUT2D eigenvalue weighted by atomic mass is 32.2. The summed E-state index contributed by atoms with van der Waals surface area (Å²) in [5.74, 6) is -0.443. The Kier molecular flexibility index (Phi) is 3.96. The van der Waals surface area contributed by atoms with Crippen molar-refractivity contribution in [2.75, 3.05) is 0 Å². The van der Waals surface area contributed by atoms with Crippen LogP contribution in [-0.4, -0.2) is 23.2 Å². The summed E-state index contributed by atoms with van der Waals surface area (Å²) in [6.07, 6.45) is 12.9. The number of rotatable bonds is 2. The summed E-state index contributed by atoms with van der Waals surface area (Å²) < 4.78 is 34.2. The van der Waals surface area contributed by atoms with Gasteiger partial charge < -0.3 is 0 Å². The third-order valence-electron chi connectivity index (χ3n) is 5.82. The molecule has 0 spiro atoms. The average Bonchev–Trinajstić information content (AvgIpc) is 2.72. The van der Waals surface area contributed by atoms with Gasteiger partial charge in [0.25, 0.3) is 10.1 Å². The quantitative estimate of drug-likeness (QED) is 0.684. The predicted octanol–water partition coefficient (Wildman–Crippen LogP) is 2.50. The molecule has 0 fully saturated rings. The summed E-state index contributed by atoms with van der Waals surface area (Å²) >= 11 is 0. The summed E-state index contributed by atoms with van der Waals surface area (Å²) in [6.45, 7) is 0. The van der Waals surface area contributed by atoms with Gasteiger partial charge >= 0.3 is 0 Å². The number of benzene rings is 2. The van der Waals surface area contributed by atoms with E-state index < -0.39 is 21.3 Å². The summed E-state index contributed by atoms with van der Waals surface area (Å²) in [5, 5.41) is 3.66. The molecule has 5 rings (SSSR count). The largest absolute Gasteiger partial charge is 0.285 e. The van der Waals surface area contributed by atoms with Crippen molar-refractivity contribution in [2.45, 2.75) is 24.0 Å². The van der Waals surface area contributed by atoms with Crippen LogP contribution >= 0.6 is 0 Å². The van der Waals surface area contributed by atoms with Crippen molar-refractivity contribution in [2.24, 2.45) is 0 Å². The van der Waals surface area contributed by atoms with Gasteiger partial charge in [0, 0.05) is 18.3 Å². The lowest BCUT2D eigenvalue weighted by molar-refractivity contribution is 0.459. The maximum Gasteiger partial charge on any atom is 0.269 e. The van der Waals surface area contributed by atoms with E-state index in [1.54, 1.807) is 18.5 Å². The van der Waals surface area contributed by atoms with Crippen molar-refractivity contribution in [1.29, 1.82) is 0 Å². The highest BCUT2D eigenvalue weighted by Crippen LogP contribution is 2.31. The fourth-order valence-corrected chi connectivity index (χ4v) is 5.45. The Morgan fingerprint density at radius 1 is 1.00 bits per heavy atom. The summed E-state index contributed by atoms with van der Waals surface area (Å²) in [5.41, 5.74) is 3.03. The maximum atomic E-state index is 12.1. The molecule has 140 valence electrons. The summed E-state index contributed by atoms with van der Waals surface area (Å²) in [6, 6.07) is 12.0. The van der Waals surface area contributed by atoms with Crippen molar-refractivity contribution in [3.8, 4) is 0 Å². The van der Waals surface area contributed by atoms with Crippen molar-refractivity contribution in [3.05, 3.63) is 88.1 Å². The zero-order valence-electron chi connectivity index (χ0n) is 15.1. The van der Waals surface area contributed by atoms with Gasteiger partial charge in [-0.1, -0.05) is 54.6 Å². The number of pyridine rings is 1. The van der Waals surface area contributed by atoms with Crippen LogP contribution in [0.1, 0.15) is 22.6 Å². The third-order valence-corrected chi connectivity index (χ3v) is 7.05. The lowest BCUT2D eigenvalue weighted by Crippen LogP contribution is -2.36. The van der Waals surface area contributed by atoms with Crippen LogP contribution in [0.2, 0.25) is 0 Å². The normalized spacial score (nSPS) is 20.8. The molecule has 0 saturated heterocycles. The first-order valence-corrected chi connectivity index (χ1v) is 10.8. The van der Waals surface area contributed by atoms with Gasteiger partial charge in [-0.05, 0) is 56.8 Å². The van der Waals surface area contributed by atoms with Crippen LogP contribution in [0.5, 0.6) is 0 Å². The molecule has 4 nitrogen and oxygen atoms in total. The molecule has 0 amide bonds. The van der Waals surface area contributed by atoms with Crippen molar-refractivity contribution < 1.29 is 13.0 Å². The third kappa shape index (κ3) is 2.79. The molecular formula is C23H19NO3S. The van der Waals surface area contributed by atoms with Crippen molar-refractivity contribution >= 4 is 33.0 Å². The maximum absolute atomic E-state index is 12.1. The van der Waals surface area contributed by atoms with Crippen LogP contribution in [0.3, 0.4) is 0 Å². The minimum atomic E-state index is -4.21. The Morgan fingerprint density at radius 2 is 1.79 bits per heavy atom. The van der Waals surface area contributed by atoms with Crippen LogP contribution in [0.4, 0.5) is 0 Å². The number of hydrogen-bond acceptors (Lipinski definition) is 3. The van der Waals surface area contributed by atoms with Crippen molar-refractivity contribution in [1.82, 2.24) is 4.98 Å². The molecule has 3 aromatic rings. The van der Waals surface area contributed by atoms with Crippen LogP contribution in [0, 0.1) is 0 Å². The highest BCUT2D eigenvalue weighted by molar-refractivity contribution is 7.86. The van der Waals surface area contributed by atoms with E-state index in [2.05, 4.69) is 41.4 Å². The molecule has 2 aromatic carbocycles. The zero-order chi connectivity index (χ0) is 19.3. The van der Waals surface area contributed by atoms with Crippen molar-refractivity contribution in [3.63, 3.8) is 0 Å². The molecular weight excluding hydrogens is 370 g/mol. The number of allylic oxidation sites excluding steroid dienone is 2. The standard InChI is InChI=1S/C23H19NO3S/c25-28(26,27)23-12-16-8-10-19-18-6-2-1-4-15(18)7-9-20(19)21(16)13-22(23)17-5-3-11-24-14-17/h1-3,5-11,13-14,22-23H,4,12H2,(H,25,26,27). The average molecular weight is 389 g/mol. The van der Waals surface area contributed by atoms with E-state index in [4.69, 9.17) is 0 Å². The molecule has 2 aliphatic carbocycles. The lowest BCUT2D eigenvalue weighted by atomic mass is 9.84. The number of hydrogen-bond donors (Lipinski definition) is 1. The van der Waals surface area contributed by atoms with Gasteiger partial charge in [-0.15, -0.1) is 0 Å². The van der Waals surface area contributed by atoms with Gasteiger partial charge in [-0.3, -0.25) is 9.54 Å². The Labute approximate surface area is 163 Å². The van der Waals surface area contributed by atoms with Crippen LogP contribution in [0.25, 0.3) is 22.9 Å². The fraction of sp³-hybridized carbons (Fsp3) is 0.174. The molecule has 0 aliphatic heterocycles. The Balaban J connectivity index is 1.82. The molecule has 1 N–H and O–H groups in total. The molecule has 2 atom stereocenters. The molecule has 2 aliphatic rings. The SMILES string of the molecule is O=S(=O)(O)C1Cc2ccc3c4c(ccc3c2=CC1c1cccnc1)CC=CC=4. The van der Waals surface area contributed by atoms with E-state index in [0.29, 0.717) is 0 Å². The minimum Gasteiger partial charge on any atom is -0.285 e. The van der Waals surface area contributed by atoms with Gasteiger partial charge in [0.2, 0.25) is 0 Å². The molecule has 5 heteroatoms. The molecule has 0 bridgehead atoms. The monoisotopic (exact) mass is 389 g/mol. The fourth-order valence-electron chi connectivity index (χ4n) is 4.46. The molecule has 0 saturated carbocycles. The van der Waals surface area contributed by atoms with E-state index >= 15 is 0 Å². The first-order valence-electron chi connectivity index (χ1n) is 9.31. The van der Waals surface area contributed by atoms with Crippen LogP contribution < -0.4 is 10.4 Å². The van der Waals surface area contributed by atoms with Gasteiger partial charge in [0.05, 0.1) is 0 Å². The van der Waals surface area contributed by atoms with E-state index in [1.807, 2.05) is 18.2 Å². The Morgan fingerprint density at radius 3 is 2.54 bits per heavy atom. The van der Waals surface area contributed by atoms with E-state index in [9.17, 15) is 13.0 Å². The topological polar surface area (TPSA) is 67.3 Å².